The van der Waals surface area contributed by atoms with Crippen LogP contribution in [0.5, 0.6) is 0 Å². The number of esters is 1. The average Bonchev–Trinajstić information content (AvgIpc) is 2.41. The van der Waals surface area contributed by atoms with Crippen LogP contribution in [0.2, 0.25) is 0 Å². The molecule has 0 radical (unpaired) electrons. The quantitative estimate of drug-likeness (QED) is 0.781. The minimum Gasteiger partial charge on any atom is -0.465 e. The number of hydrogen-bond acceptors (Lipinski definition) is 6. The van der Waals surface area contributed by atoms with E-state index in [-0.39, 0.29) is 6.04 Å². The molecule has 2 rings (SSSR count). The van der Waals surface area contributed by atoms with Crippen LogP contribution in [0.3, 0.4) is 0 Å². The molecule has 0 saturated carbocycles. The van der Waals surface area contributed by atoms with Gasteiger partial charge >= 0.3 is 5.97 Å². The lowest BCUT2D eigenvalue weighted by Gasteiger charge is -2.24. The Balaban J connectivity index is 2.17. The highest BCUT2D eigenvalue weighted by atomic mass is 16.5. The van der Waals surface area contributed by atoms with Crippen molar-refractivity contribution in [2.24, 2.45) is 0 Å². The highest BCUT2D eigenvalue weighted by Gasteiger charge is 2.18. The number of methoxy groups -OCH3 is 1. The zero-order valence-corrected chi connectivity index (χ0v) is 10.3. The van der Waals surface area contributed by atoms with E-state index in [4.69, 9.17) is 15.2 Å². The van der Waals surface area contributed by atoms with E-state index in [1.165, 1.54) is 13.2 Å². The number of aromatic nitrogens is 1. The second-order valence-corrected chi connectivity index (χ2v) is 4.18. The van der Waals surface area contributed by atoms with Crippen molar-refractivity contribution in [1.82, 2.24) is 4.98 Å². The molecule has 1 aliphatic heterocycles. The van der Waals surface area contributed by atoms with Crippen LogP contribution in [0.1, 0.15) is 23.2 Å². The van der Waals surface area contributed by atoms with Gasteiger partial charge in [-0.15, -0.1) is 0 Å². The van der Waals surface area contributed by atoms with Crippen LogP contribution >= 0.6 is 0 Å². The molecule has 1 aromatic rings. The van der Waals surface area contributed by atoms with Crippen LogP contribution in [-0.2, 0) is 9.47 Å². The summed E-state index contributed by atoms with van der Waals surface area (Å²) in [7, 11) is 1.34. The van der Waals surface area contributed by atoms with E-state index in [1.54, 1.807) is 6.20 Å². The van der Waals surface area contributed by atoms with Gasteiger partial charge < -0.3 is 20.5 Å². The molecule has 0 aromatic carbocycles. The molecule has 18 heavy (non-hydrogen) atoms. The van der Waals surface area contributed by atoms with Gasteiger partial charge in [-0.1, -0.05) is 0 Å². The highest BCUT2D eigenvalue weighted by Crippen LogP contribution is 2.21. The van der Waals surface area contributed by atoms with Gasteiger partial charge in [0, 0.05) is 19.3 Å². The minimum absolute atomic E-state index is 0.285. The van der Waals surface area contributed by atoms with E-state index in [1.807, 2.05) is 0 Å². The zero-order valence-electron chi connectivity index (χ0n) is 10.3. The van der Waals surface area contributed by atoms with Crippen molar-refractivity contribution in [3.63, 3.8) is 0 Å². The maximum Gasteiger partial charge on any atom is 0.340 e. The number of nitrogen functional groups attached to an aromatic ring is 1. The zero-order chi connectivity index (χ0) is 13.0. The minimum atomic E-state index is -0.418. The molecule has 0 atom stereocenters. The fraction of sp³-hybridized carbons (Fsp3) is 0.500. The van der Waals surface area contributed by atoms with Gasteiger partial charge in [0.15, 0.2) is 0 Å². The summed E-state index contributed by atoms with van der Waals surface area (Å²) >= 11 is 0. The van der Waals surface area contributed by atoms with Crippen molar-refractivity contribution in [3.05, 3.63) is 17.8 Å². The molecule has 6 nitrogen and oxygen atoms in total. The van der Waals surface area contributed by atoms with Crippen molar-refractivity contribution in [1.29, 1.82) is 0 Å². The average molecular weight is 251 g/mol. The van der Waals surface area contributed by atoms with E-state index >= 15 is 0 Å². The third-order valence-electron chi connectivity index (χ3n) is 2.91. The van der Waals surface area contributed by atoms with Crippen molar-refractivity contribution in [3.8, 4) is 0 Å². The van der Waals surface area contributed by atoms with E-state index < -0.39 is 5.97 Å². The van der Waals surface area contributed by atoms with Gasteiger partial charge in [0.2, 0.25) is 0 Å². The second kappa shape index (κ2) is 5.68. The predicted molar refractivity (Wildman–Crippen MR) is 67.5 cm³/mol. The molecule has 0 spiro atoms. The van der Waals surface area contributed by atoms with Crippen molar-refractivity contribution in [2.45, 2.75) is 18.9 Å². The number of pyridine rings is 1. The Hall–Kier alpha value is -1.82. The first-order chi connectivity index (χ1) is 8.70. The molecule has 1 aromatic heterocycles. The highest BCUT2D eigenvalue weighted by molar-refractivity contribution is 5.96. The van der Waals surface area contributed by atoms with Gasteiger partial charge in [-0.2, -0.15) is 0 Å². The Labute approximate surface area is 105 Å². The normalized spacial score (nSPS) is 16.3. The van der Waals surface area contributed by atoms with Crippen LogP contribution in [0, 0.1) is 0 Å². The summed E-state index contributed by atoms with van der Waals surface area (Å²) < 4.78 is 10.0. The van der Waals surface area contributed by atoms with Crippen LogP contribution in [0.15, 0.2) is 12.3 Å². The van der Waals surface area contributed by atoms with Gasteiger partial charge in [-0.05, 0) is 18.9 Å². The summed E-state index contributed by atoms with van der Waals surface area (Å²) in [5.74, 6) is -0.119. The third-order valence-corrected chi connectivity index (χ3v) is 2.91. The predicted octanol–water partition coefficient (Wildman–Crippen LogP) is 1.04. The molecule has 3 N–H and O–H groups in total. The standard InChI is InChI=1S/C12H17N3O3/c1-17-12(16)9-6-11(13)14-7-10(9)15-8-2-4-18-5-3-8/h6-8,15H,2-5H2,1H3,(H2,13,14). The van der Waals surface area contributed by atoms with Gasteiger partial charge in [0.25, 0.3) is 0 Å². The Morgan fingerprint density at radius 2 is 2.28 bits per heavy atom. The lowest BCUT2D eigenvalue weighted by Crippen LogP contribution is -2.28. The Morgan fingerprint density at radius 3 is 2.94 bits per heavy atom. The molecule has 1 aliphatic rings. The fourth-order valence-electron chi connectivity index (χ4n) is 1.93. The molecule has 0 unspecified atom stereocenters. The van der Waals surface area contributed by atoms with E-state index in [2.05, 4.69) is 10.3 Å². The Bertz CT molecular complexity index is 431. The number of carbonyl (C=O) groups is 1. The number of rotatable bonds is 3. The molecule has 1 saturated heterocycles. The van der Waals surface area contributed by atoms with E-state index in [0.29, 0.717) is 17.1 Å². The molecule has 0 amide bonds. The molecule has 0 aliphatic carbocycles. The molecule has 2 heterocycles. The number of nitrogens with zero attached hydrogens (tertiary/aromatic N) is 1. The number of carbonyl (C=O) groups excluding carboxylic acids is 1. The molecule has 6 heteroatoms. The van der Waals surface area contributed by atoms with Crippen LogP contribution < -0.4 is 11.1 Å². The summed E-state index contributed by atoms with van der Waals surface area (Å²) in [5, 5.41) is 3.29. The Morgan fingerprint density at radius 1 is 1.56 bits per heavy atom. The molecule has 98 valence electrons. The van der Waals surface area contributed by atoms with Gasteiger partial charge in [-0.3, -0.25) is 0 Å². The second-order valence-electron chi connectivity index (χ2n) is 4.18. The number of nitrogens with one attached hydrogen (secondary N) is 1. The van der Waals surface area contributed by atoms with Gasteiger partial charge in [-0.25, -0.2) is 9.78 Å². The lowest BCUT2D eigenvalue weighted by atomic mass is 10.1. The summed E-state index contributed by atoms with van der Waals surface area (Å²) in [5.41, 5.74) is 6.66. The van der Waals surface area contributed by atoms with Gasteiger partial charge in [0.1, 0.15) is 5.82 Å². The largest absolute Gasteiger partial charge is 0.465 e. The van der Waals surface area contributed by atoms with E-state index in [9.17, 15) is 4.79 Å². The van der Waals surface area contributed by atoms with Crippen LogP contribution in [-0.4, -0.2) is 37.3 Å². The smallest absolute Gasteiger partial charge is 0.340 e. The molecular formula is C12H17N3O3. The topological polar surface area (TPSA) is 86.5 Å². The first-order valence-corrected chi connectivity index (χ1v) is 5.89. The number of anilines is 2. The monoisotopic (exact) mass is 251 g/mol. The summed E-state index contributed by atoms with van der Waals surface area (Å²) in [4.78, 5) is 15.7. The summed E-state index contributed by atoms with van der Waals surface area (Å²) in [6.07, 6.45) is 3.38. The third kappa shape index (κ3) is 2.89. The van der Waals surface area contributed by atoms with Crippen molar-refractivity contribution >= 4 is 17.5 Å². The van der Waals surface area contributed by atoms with Crippen molar-refractivity contribution in [2.75, 3.05) is 31.4 Å². The Kier molecular flexibility index (Phi) is 3.99. The maximum absolute atomic E-state index is 11.7. The molecule has 0 bridgehead atoms. The SMILES string of the molecule is COC(=O)c1cc(N)ncc1NC1CCOCC1. The summed E-state index contributed by atoms with van der Waals surface area (Å²) in [6, 6.07) is 1.81. The number of ether oxygens (including phenoxy) is 2. The summed E-state index contributed by atoms with van der Waals surface area (Å²) in [6.45, 7) is 1.46. The molecular weight excluding hydrogens is 234 g/mol. The van der Waals surface area contributed by atoms with Gasteiger partial charge in [0.05, 0.1) is 24.6 Å². The van der Waals surface area contributed by atoms with Crippen LogP contribution in [0.4, 0.5) is 11.5 Å². The molecule has 1 fully saturated rings. The van der Waals surface area contributed by atoms with Crippen molar-refractivity contribution < 1.29 is 14.3 Å². The number of nitrogens with two attached hydrogens (primary N) is 1. The lowest BCUT2D eigenvalue weighted by molar-refractivity contribution is 0.0601. The fourth-order valence-corrected chi connectivity index (χ4v) is 1.93. The maximum atomic E-state index is 11.7. The van der Waals surface area contributed by atoms with Crippen LogP contribution in [0.25, 0.3) is 0 Å². The number of hydrogen-bond donors (Lipinski definition) is 2. The first kappa shape index (κ1) is 12.6. The van der Waals surface area contributed by atoms with E-state index in [0.717, 1.165) is 26.1 Å². The first-order valence-electron chi connectivity index (χ1n) is 5.89.